The second-order valence-corrected chi connectivity index (χ2v) is 6.72. The number of ether oxygens (including phenoxy) is 1. The molecule has 0 saturated carbocycles. The minimum Gasteiger partial charge on any atom is -0.494 e. The van der Waals surface area contributed by atoms with Crippen molar-refractivity contribution < 1.29 is 13.7 Å². The Morgan fingerprint density at radius 2 is 1.52 bits per heavy atom. The highest BCUT2D eigenvalue weighted by Crippen LogP contribution is 2.27. The quantitative estimate of drug-likeness (QED) is 0.366. The predicted octanol–water partition coefficient (Wildman–Crippen LogP) is 6.89. The molecule has 3 nitrogen and oxygen atoms in total. The zero-order chi connectivity index (χ0) is 18.9. The molecule has 0 amide bonds. The summed E-state index contributed by atoms with van der Waals surface area (Å²) in [6.45, 7) is 2.98. The highest BCUT2D eigenvalue weighted by Gasteiger charge is 2.09. The smallest absolute Gasteiger partial charge is 0.167 e. The first-order chi connectivity index (χ1) is 13.3. The third-order valence-electron chi connectivity index (χ3n) is 4.56. The number of halogens is 1. The summed E-state index contributed by atoms with van der Waals surface area (Å²) in [6.07, 6.45) is 7.53. The van der Waals surface area contributed by atoms with Crippen LogP contribution in [-0.4, -0.2) is 11.8 Å². The standard InChI is InChI=1S/C23H26FNO2/c1-2-3-4-5-6-7-16-26-21-14-10-19(11-15-21)23-17-22(25-27-23)18-8-12-20(24)13-9-18/h8-15,17H,2-7,16H2,1H3. The monoisotopic (exact) mass is 367 g/mol. The van der Waals surface area contributed by atoms with E-state index >= 15 is 0 Å². The van der Waals surface area contributed by atoms with Gasteiger partial charge >= 0.3 is 0 Å². The van der Waals surface area contributed by atoms with Crippen LogP contribution >= 0.6 is 0 Å². The van der Waals surface area contributed by atoms with Crippen molar-refractivity contribution >= 4 is 0 Å². The van der Waals surface area contributed by atoms with Crippen LogP contribution in [-0.2, 0) is 0 Å². The topological polar surface area (TPSA) is 35.3 Å². The van der Waals surface area contributed by atoms with Crippen molar-refractivity contribution in [1.29, 1.82) is 0 Å². The summed E-state index contributed by atoms with van der Waals surface area (Å²) in [5.74, 6) is 1.28. The number of rotatable bonds is 10. The van der Waals surface area contributed by atoms with Gasteiger partial charge in [-0.2, -0.15) is 0 Å². The SMILES string of the molecule is CCCCCCCCOc1ccc(-c2cc(-c3ccc(F)cc3)no2)cc1. The molecule has 142 valence electrons. The maximum atomic E-state index is 13.0. The molecule has 3 aromatic rings. The van der Waals surface area contributed by atoms with Crippen LogP contribution in [0.2, 0.25) is 0 Å². The number of aromatic nitrogens is 1. The minimum atomic E-state index is -0.265. The molecule has 0 aliphatic rings. The molecular formula is C23H26FNO2. The zero-order valence-electron chi connectivity index (χ0n) is 15.8. The van der Waals surface area contributed by atoms with Gasteiger partial charge in [-0.3, -0.25) is 0 Å². The maximum absolute atomic E-state index is 13.0. The van der Waals surface area contributed by atoms with Gasteiger partial charge in [-0.1, -0.05) is 44.2 Å². The molecule has 0 saturated heterocycles. The van der Waals surface area contributed by atoms with E-state index in [1.807, 2.05) is 30.3 Å². The molecule has 1 aromatic heterocycles. The Labute approximate surface area is 160 Å². The lowest BCUT2D eigenvalue weighted by atomic mass is 10.1. The molecule has 0 bridgehead atoms. The molecule has 27 heavy (non-hydrogen) atoms. The van der Waals surface area contributed by atoms with Crippen LogP contribution in [0.3, 0.4) is 0 Å². The van der Waals surface area contributed by atoms with Gasteiger partial charge in [0.05, 0.1) is 6.61 Å². The molecule has 0 unspecified atom stereocenters. The van der Waals surface area contributed by atoms with Crippen LogP contribution in [0.15, 0.2) is 59.1 Å². The number of hydrogen-bond acceptors (Lipinski definition) is 3. The molecule has 0 fully saturated rings. The predicted molar refractivity (Wildman–Crippen MR) is 106 cm³/mol. The molecule has 4 heteroatoms. The Morgan fingerprint density at radius 3 is 2.26 bits per heavy atom. The Bertz CT molecular complexity index is 809. The van der Waals surface area contributed by atoms with Gasteiger partial charge in [0.15, 0.2) is 5.76 Å². The van der Waals surface area contributed by atoms with Gasteiger partial charge in [0.25, 0.3) is 0 Å². The molecule has 2 aromatic carbocycles. The van der Waals surface area contributed by atoms with Gasteiger partial charge in [-0.05, 0) is 55.0 Å². The van der Waals surface area contributed by atoms with E-state index in [1.165, 1.54) is 44.2 Å². The average molecular weight is 367 g/mol. The van der Waals surface area contributed by atoms with Gasteiger partial charge < -0.3 is 9.26 Å². The number of benzene rings is 2. The van der Waals surface area contributed by atoms with Crippen molar-refractivity contribution in [1.82, 2.24) is 5.16 Å². The second-order valence-electron chi connectivity index (χ2n) is 6.72. The van der Waals surface area contributed by atoms with Crippen molar-refractivity contribution in [3.05, 3.63) is 60.4 Å². The minimum absolute atomic E-state index is 0.265. The summed E-state index contributed by atoms with van der Waals surface area (Å²) in [5.41, 5.74) is 2.45. The molecule has 0 radical (unpaired) electrons. The van der Waals surface area contributed by atoms with E-state index in [-0.39, 0.29) is 5.82 Å². The lowest BCUT2D eigenvalue weighted by Crippen LogP contribution is -1.97. The molecule has 0 atom stereocenters. The second kappa shape index (κ2) is 9.91. The third kappa shape index (κ3) is 5.68. The molecule has 0 spiro atoms. The fourth-order valence-electron chi connectivity index (χ4n) is 2.96. The van der Waals surface area contributed by atoms with Crippen molar-refractivity contribution in [3.63, 3.8) is 0 Å². The van der Waals surface area contributed by atoms with E-state index in [1.54, 1.807) is 12.1 Å². The van der Waals surface area contributed by atoms with Gasteiger partial charge in [-0.25, -0.2) is 4.39 Å². The summed E-state index contributed by atoms with van der Waals surface area (Å²) in [4.78, 5) is 0. The largest absolute Gasteiger partial charge is 0.494 e. The first-order valence-electron chi connectivity index (χ1n) is 9.72. The van der Waals surface area contributed by atoms with Gasteiger partial charge in [-0.15, -0.1) is 0 Å². The van der Waals surface area contributed by atoms with Crippen molar-refractivity contribution in [2.75, 3.05) is 6.61 Å². The van der Waals surface area contributed by atoms with E-state index in [0.29, 0.717) is 11.5 Å². The van der Waals surface area contributed by atoms with Crippen LogP contribution in [0.25, 0.3) is 22.6 Å². The summed E-state index contributed by atoms with van der Waals surface area (Å²) in [6, 6.07) is 15.9. The molecule has 0 aliphatic heterocycles. The summed E-state index contributed by atoms with van der Waals surface area (Å²) >= 11 is 0. The third-order valence-corrected chi connectivity index (χ3v) is 4.56. The fraction of sp³-hybridized carbons (Fsp3) is 0.348. The molecule has 0 aliphatic carbocycles. The van der Waals surface area contributed by atoms with Gasteiger partial charge in [0, 0.05) is 17.2 Å². The highest BCUT2D eigenvalue weighted by atomic mass is 19.1. The van der Waals surface area contributed by atoms with E-state index in [9.17, 15) is 4.39 Å². The van der Waals surface area contributed by atoms with E-state index in [4.69, 9.17) is 9.26 Å². The Morgan fingerprint density at radius 1 is 0.852 bits per heavy atom. The van der Waals surface area contributed by atoms with Crippen LogP contribution in [0.1, 0.15) is 45.4 Å². The molecule has 3 rings (SSSR count). The molecule has 1 heterocycles. The fourth-order valence-corrected chi connectivity index (χ4v) is 2.96. The van der Waals surface area contributed by atoms with Crippen LogP contribution in [0.5, 0.6) is 5.75 Å². The zero-order valence-corrected chi connectivity index (χ0v) is 15.8. The van der Waals surface area contributed by atoms with Crippen LogP contribution in [0, 0.1) is 5.82 Å². The van der Waals surface area contributed by atoms with Gasteiger partial charge in [0.1, 0.15) is 17.3 Å². The lowest BCUT2D eigenvalue weighted by molar-refractivity contribution is 0.304. The normalized spacial score (nSPS) is 10.9. The lowest BCUT2D eigenvalue weighted by Gasteiger charge is -2.06. The van der Waals surface area contributed by atoms with Crippen molar-refractivity contribution in [2.24, 2.45) is 0 Å². The number of nitrogens with zero attached hydrogens (tertiary/aromatic N) is 1. The number of unbranched alkanes of at least 4 members (excludes halogenated alkanes) is 5. The van der Waals surface area contributed by atoms with Crippen molar-refractivity contribution in [3.8, 4) is 28.3 Å². The van der Waals surface area contributed by atoms with E-state index in [0.717, 1.165) is 29.9 Å². The Balaban J connectivity index is 1.51. The first-order valence-corrected chi connectivity index (χ1v) is 9.72. The molecular weight excluding hydrogens is 341 g/mol. The average Bonchev–Trinajstić information content (AvgIpc) is 3.18. The van der Waals surface area contributed by atoms with Crippen LogP contribution < -0.4 is 4.74 Å². The molecule has 0 N–H and O–H groups in total. The van der Waals surface area contributed by atoms with E-state index in [2.05, 4.69) is 12.1 Å². The Hall–Kier alpha value is -2.62. The summed E-state index contributed by atoms with van der Waals surface area (Å²) in [5, 5.41) is 4.08. The highest BCUT2D eigenvalue weighted by molar-refractivity contribution is 5.66. The first kappa shape index (κ1) is 19.2. The number of hydrogen-bond donors (Lipinski definition) is 0. The summed E-state index contributed by atoms with van der Waals surface area (Å²) in [7, 11) is 0. The van der Waals surface area contributed by atoms with E-state index < -0.39 is 0 Å². The van der Waals surface area contributed by atoms with Gasteiger partial charge in [0.2, 0.25) is 0 Å². The Kier molecular flexibility index (Phi) is 7.03. The maximum Gasteiger partial charge on any atom is 0.167 e. The van der Waals surface area contributed by atoms with Crippen molar-refractivity contribution in [2.45, 2.75) is 45.4 Å². The summed E-state index contributed by atoms with van der Waals surface area (Å²) < 4.78 is 24.3. The van der Waals surface area contributed by atoms with Crippen LogP contribution in [0.4, 0.5) is 4.39 Å².